The van der Waals surface area contributed by atoms with Gasteiger partial charge >= 0.3 is 0 Å². The second-order valence-electron chi connectivity index (χ2n) is 4.55. The Labute approximate surface area is 134 Å². The molecule has 1 aromatic heterocycles. The van der Waals surface area contributed by atoms with Crippen molar-refractivity contribution in [3.63, 3.8) is 0 Å². The van der Waals surface area contributed by atoms with E-state index < -0.39 is 0 Å². The van der Waals surface area contributed by atoms with E-state index in [-0.39, 0.29) is 0 Å². The summed E-state index contributed by atoms with van der Waals surface area (Å²) < 4.78 is 2.43. The summed E-state index contributed by atoms with van der Waals surface area (Å²) >= 11 is 9.45. The van der Waals surface area contributed by atoms with Gasteiger partial charge in [0.05, 0.1) is 5.69 Å². The summed E-state index contributed by atoms with van der Waals surface area (Å²) in [5.74, 6) is 0.583. The molecule has 5 nitrogen and oxygen atoms in total. The van der Waals surface area contributed by atoms with Crippen LogP contribution in [0.3, 0.4) is 0 Å². The number of anilines is 1. The minimum Gasteiger partial charge on any atom is -0.398 e. The van der Waals surface area contributed by atoms with Crippen LogP contribution in [0, 0.1) is 6.92 Å². The van der Waals surface area contributed by atoms with Gasteiger partial charge in [-0.1, -0.05) is 23.7 Å². The molecule has 0 aliphatic heterocycles. The molecule has 1 heterocycles. The second kappa shape index (κ2) is 5.46. The maximum atomic E-state index is 6.14. The molecule has 0 aliphatic carbocycles. The Hall–Kier alpha value is -1.92. The fraction of sp³-hybridized carbons (Fsp3) is 0.0714. The zero-order valence-corrected chi connectivity index (χ0v) is 13.4. The fourth-order valence-electron chi connectivity index (χ4n) is 2.05. The number of aryl methyl sites for hydroxylation is 1. The lowest BCUT2D eigenvalue weighted by Gasteiger charge is -2.10. The number of hydrogen-bond acceptors (Lipinski definition) is 4. The van der Waals surface area contributed by atoms with Crippen LogP contribution in [0.25, 0.3) is 17.1 Å². The number of aromatic nitrogens is 4. The third-order valence-corrected chi connectivity index (χ3v) is 4.04. The van der Waals surface area contributed by atoms with Crippen molar-refractivity contribution in [1.82, 2.24) is 20.2 Å². The van der Waals surface area contributed by atoms with E-state index >= 15 is 0 Å². The van der Waals surface area contributed by atoms with Gasteiger partial charge in [-0.2, -0.15) is 4.68 Å². The van der Waals surface area contributed by atoms with Crippen LogP contribution < -0.4 is 5.73 Å². The van der Waals surface area contributed by atoms with Gasteiger partial charge in [-0.25, -0.2) is 0 Å². The molecule has 0 fully saturated rings. The number of para-hydroxylation sites is 1. The maximum absolute atomic E-state index is 6.14. The molecule has 3 rings (SSSR count). The van der Waals surface area contributed by atoms with E-state index in [0.717, 1.165) is 21.3 Å². The molecule has 106 valence electrons. The van der Waals surface area contributed by atoms with Gasteiger partial charge in [-0.3, -0.25) is 0 Å². The quantitative estimate of drug-likeness (QED) is 0.705. The van der Waals surface area contributed by atoms with Gasteiger partial charge < -0.3 is 5.73 Å². The van der Waals surface area contributed by atoms with Gasteiger partial charge in [-0.15, -0.1) is 5.10 Å². The highest BCUT2D eigenvalue weighted by molar-refractivity contribution is 9.10. The van der Waals surface area contributed by atoms with E-state index in [1.54, 1.807) is 16.8 Å². The molecule has 0 bridgehead atoms. The largest absolute Gasteiger partial charge is 0.398 e. The van der Waals surface area contributed by atoms with Crippen molar-refractivity contribution in [2.24, 2.45) is 0 Å². The number of nitrogens with zero attached hydrogens (tertiary/aromatic N) is 4. The maximum Gasteiger partial charge on any atom is 0.189 e. The number of nitrogens with two attached hydrogens (primary N) is 1. The van der Waals surface area contributed by atoms with Gasteiger partial charge in [0.25, 0.3) is 0 Å². The SMILES string of the molecule is Cc1cccc(-c2nnnn2-c2ccc(Cl)cc2Br)c1N. The van der Waals surface area contributed by atoms with Gasteiger partial charge in [0.15, 0.2) is 5.82 Å². The van der Waals surface area contributed by atoms with Crippen LogP contribution in [-0.4, -0.2) is 20.2 Å². The minimum atomic E-state index is 0.583. The Bertz CT molecular complexity index is 815. The Morgan fingerprint density at radius 1 is 1.24 bits per heavy atom. The Balaban J connectivity index is 2.20. The van der Waals surface area contributed by atoms with Crippen molar-refractivity contribution in [2.45, 2.75) is 6.92 Å². The standard InChI is InChI=1S/C14H11BrClN5/c1-8-3-2-4-10(13(8)17)14-18-19-20-21(14)12-6-5-9(16)7-11(12)15/h2-7H,17H2,1H3. The highest BCUT2D eigenvalue weighted by atomic mass is 79.9. The highest BCUT2D eigenvalue weighted by Crippen LogP contribution is 2.30. The summed E-state index contributed by atoms with van der Waals surface area (Å²) in [6.07, 6.45) is 0. The van der Waals surface area contributed by atoms with Crippen LogP contribution in [0.5, 0.6) is 0 Å². The predicted molar refractivity (Wildman–Crippen MR) is 86.4 cm³/mol. The molecule has 0 radical (unpaired) electrons. The number of benzene rings is 2. The lowest BCUT2D eigenvalue weighted by Crippen LogP contribution is -2.03. The van der Waals surface area contributed by atoms with Crippen molar-refractivity contribution in [1.29, 1.82) is 0 Å². The van der Waals surface area contributed by atoms with E-state index in [0.29, 0.717) is 16.5 Å². The molecule has 21 heavy (non-hydrogen) atoms. The average Bonchev–Trinajstić information content (AvgIpc) is 2.91. The molecular weight excluding hydrogens is 354 g/mol. The lowest BCUT2D eigenvalue weighted by molar-refractivity contribution is 0.789. The third kappa shape index (κ3) is 2.52. The molecule has 7 heteroatoms. The normalized spacial score (nSPS) is 10.8. The summed E-state index contributed by atoms with van der Waals surface area (Å²) in [4.78, 5) is 0. The zero-order valence-electron chi connectivity index (χ0n) is 11.1. The van der Waals surface area contributed by atoms with Crippen LogP contribution in [0.15, 0.2) is 40.9 Å². The Kier molecular flexibility index (Phi) is 3.65. The van der Waals surface area contributed by atoms with Gasteiger partial charge in [-0.05, 0) is 63.1 Å². The van der Waals surface area contributed by atoms with Gasteiger partial charge in [0.1, 0.15) is 0 Å². The molecule has 3 aromatic rings. The number of halogens is 2. The van der Waals surface area contributed by atoms with Gasteiger partial charge in [0, 0.05) is 20.7 Å². The van der Waals surface area contributed by atoms with Crippen molar-refractivity contribution >= 4 is 33.2 Å². The zero-order chi connectivity index (χ0) is 15.0. The fourth-order valence-corrected chi connectivity index (χ4v) is 2.90. The minimum absolute atomic E-state index is 0.583. The van der Waals surface area contributed by atoms with Gasteiger partial charge in [0.2, 0.25) is 0 Å². The Morgan fingerprint density at radius 2 is 2.05 bits per heavy atom. The number of hydrogen-bond donors (Lipinski definition) is 1. The van der Waals surface area contributed by atoms with Crippen molar-refractivity contribution < 1.29 is 0 Å². The average molecular weight is 365 g/mol. The molecule has 2 N–H and O–H groups in total. The summed E-state index contributed by atoms with van der Waals surface area (Å²) in [6.45, 7) is 1.95. The first-order chi connectivity index (χ1) is 10.1. The van der Waals surface area contributed by atoms with Crippen LogP contribution in [0.4, 0.5) is 5.69 Å². The van der Waals surface area contributed by atoms with Crippen molar-refractivity contribution in [2.75, 3.05) is 5.73 Å². The molecule has 0 saturated heterocycles. The summed E-state index contributed by atoms with van der Waals surface area (Å²) in [5, 5.41) is 12.5. The number of nitrogen functional groups attached to an aromatic ring is 1. The smallest absolute Gasteiger partial charge is 0.189 e. The molecular formula is C14H11BrClN5. The number of rotatable bonds is 2. The van der Waals surface area contributed by atoms with Crippen LogP contribution in [0.1, 0.15) is 5.56 Å². The monoisotopic (exact) mass is 363 g/mol. The molecule has 0 unspecified atom stereocenters. The topological polar surface area (TPSA) is 69.6 Å². The van der Waals surface area contributed by atoms with Crippen LogP contribution >= 0.6 is 27.5 Å². The van der Waals surface area contributed by atoms with Crippen LogP contribution in [0.2, 0.25) is 5.02 Å². The third-order valence-electron chi connectivity index (χ3n) is 3.17. The van der Waals surface area contributed by atoms with Crippen molar-refractivity contribution in [3.05, 3.63) is 51.5 Å². The number of tetrazole rings is 1. The first-order valence-electron chi connectivity index (χ1n) is 6.17. The lowest BCUT2D eigenvalue weighted by atomic mass is 10.1. The molecule has 2 aromatic carbocycles. The van der Waals surface area contributed by atoms with E-state index in [1.165, 1.54) is 0 Å². The summed E-state index contributed by atoms with van der Waals surface area (Å²) in [5.41, 5.74) is 9.38. The van der Waals surface area contributed by atoms with Crippen molar-refractivity contribution in [3.8, 4) is 17.1 Å². The molecule has 0 amide bonds. The second-order valence-corrected chi connectivity index (χ2v) is 5.84. The molecule has 0 atom stereocenters. The first-order valence-corrected chi connectivity index (χ1v) is 7.34. The molecule has 0 aliphatic rings. The predicted octanol–water partition coefficient (Wildman–Crippen LogP) is 3.64. The summed E-state index contributed by atoms with van der Waals surface area (Å²) in [7, 11) is 0. The highest BCUT2D eigenvalue weighted by Gasteiger charge is 2.16. The molecule has 0 saturated carbocycles. The summed E-state index contributed by atoms with van der Waals surface area (Å²) in [6, 6.07) is 11.2. The van der Waals surface area contributed by atoms with Crippen LogP contribution in [-0.2, 0) is 0 Å². The van der Waals surface area contributed by atoms with E-state index in [1.807, 2.05) is 31.2 Å². The van der Waals surface area contributed by atoms with E-state index in [4.69, 9.17) is 17.3 Å². The molecule has 0 spiro atoms. The first kappa shape index (κ1) is 14.0. The van der Waals surface area contributed by atoms with E-state index in [2.05, 4.69) is 31.5 Å². The Morgan fingerprint density at radius 3 is 2.81 bits per heavy atom. The van der Waals surface area contributed by atoms with E-state index in [9.17, 15) is 0 Å².